The van der Waals surface area contributed by atoms with E-state index in [2.05, 4.69) is 18.7 Å². The van der Waals surface area contributed by atoms with Crippen LogP contribution in [0.1, 0.15) is 39.5 Å². The number of rotatable bonds is 1. The Kier molecular flexibility index (Phi) is 2.40. The Hall–Kier alpha value is -0.0400. The molecular weight excluding hydrogens is 146 g/mol. The van der Waals surface area contributed by atoms with E-state index in [-0.39, 0.29) is 0 Å². The zero-order chi connectivity index (χ0) is 8.55. The fourth-order valence-electron chi connectivity index (χ4n) is 2.72. The van der Waals surface area contributed by atoms with Gasteiger partial charge >= 0.3 is 0 Å². The van der Waals surface area contributed by atoms with Gasteiger partial charge in [0.2, 0.25) is 0 Å². The van der Waals surface area contributed by atoms with E-state index >= 15 is 0 Å². The Morgan fingerprint density at radius 2 is 1.83 bits per heavy atom. The molecule has 2 rings (SSSR count). The Bertz CT molecular complexity index is 149. The van der Waals surface area contributed by atoms with Gasteiger partial charge in [0.1, 0.15) is 0 Å². The monoisotopic (exact) mass is 167 g/mol. The Morgan fingerprint density at radius 3 is 2.42 bits per heavy atom. The number of likely N-dealkylation sites (tertiary alicyclic amines) is 1. The molecule has 1 aliphatic carbocycles. The predicted molar refractivity (Wildman–Crippen MR) is 52.2 cm³/mol. The van der Waals surface area contributed by atoms with Gasteiger partial charge in [0.25, 0.3) is 0 Å². The smallest absolute Gasteiger partial charge is 0.0100 e. The topological polar surface area (TPSA) is 3.24 Å². The molecule has 0 aromatic rings. The molecule has 0 aromatic heterocycles. The minimum absolute atomic E-state index is 0.953. The molecule has 1 aliphatic heterocycles. The fraction of sp³-hybridized carbons (Fsp3) is 1.00. The van der Waals surface area contributed by atoms with Crippen molar-refractivity contribution in [3.8, 4) is 0 Å². The van der Waals surface area contributed by atoms with Gasteiger partial charge in [0.15, 0.2) is 0 Å². The average Bonchev–Trinajstić information content (AvgIpc) is 1.99. The molecule has 70 valence electrons. The first-order valence-electron chi connectivity index (χ1n) is 5.49. The first kappa shape index (κ1) is 8.55. The van der Waals surface area contributed by atoms with Crippen molar-refractivity contribution in [2.45, 2.75) is 45.6 Å². The lowest BCUT2D eigenvalue weighted by molar-refractivity contribution is 0.0517. The lowest BCUT2D eigenvalue weighted by Gasteiger charge is -2.44. The van der Waals surface area contributed by atoms with Crippen molar-refractivity contribution in [2.24, 2.45) is 11.8 Å². The third-order valence-electron chi connectivity index (χ3n) is 3.55. The van der Waals surface area contributed by atoms with Crippen LogP contribution in [0.3, 0.4) is 0 Å². The molecule has 0 aromatic carbocycles. The molecule has 2 aliphatic rings. The Morgan fingerprint density at radius 1 is 1.08 bits per heavy atom. The molecule has 1 atom stereocenters. The van der Waals surface area contributed by atoms with E-state index in [1.165, 1.54) is 38.8 Å². The number of nitrogens with zero attached hydrogens (tertiary/aromatic N) is 1. The molecule has 1 heteroatoms. The van der Waals surface area contributed by atoms with Crippen molar-refractivity contribution in [1.82, 2.24) is 4.90 Å². The summed E-state index contributed by atoms with van der Waals surface area (Å²) in [6.45, 7) is 7.53. The molecule has 1 nitrogen and oxygen atoms in total. The minimum atomic E-state index is 0.953. The molecule has 0 bridgehead atoms. The largest absolute Gasteiger partial charge is 0.300 e. The zero-order valence-corrected chi connectivity index (χ0v) is 8.42. The van der Waals surface area contributed by atoms with Crippen molar-refractivity contribution in [2.75, 3.05) is 13.1 Å². The molecule has 1 saturated carbocycles. The fourth-order valence-corrected chi connectivity index (χ4v) is 2.72. The van der Waals surface area contributed by atoms with Crippen LogP contribution in [0.25, 0.3) is 0 Å². The molecule has 2 fully saturated rings. The molecular formula is C11H21N. The predicted octanol–water partition coefficient (Wildman–Crippen LogP) is 2.52. The number of piperidine rings is 1. The molecule has 1 saturated heterocycles. The summed E-state index contributed by atoms with van der Waals surface area (Å²) in [5.74, 6) is 1.96. The van der Waals surface area contributed by atoms with Gasteiger partial charge in [0, 0.05) is 12.6 Å². The summed E-state index contributed by atoms with van der Waals surface area (Å²) < 4.78 is 0. The third-order valence-corrected chi connectivity index (χ3v) is 3.55. The average molecular weight is 167 g/mol. The first-order chi connectivity index (χ1) is 5.75. The van der Waals surface area contributed by atoms with E-state index in [0.717, 1.165) is 17.9 Å². The van der Waals surface area contributed by atoms with Crippen molar-refractivity contribution in [3.63, 3.8) is 0 Å². The molecule has 12 heavy (non-hydrogen) atoms. The summed E-state index contributed by atoms with van der Waals surface area (Å²) in [5, 5.41) is 0. The van der Waals surface area contributed by atoms with Gasteiger partial charge in [-0.3, -0.25) is 0 Å². The van der Waals surface area contributed by atoms with Crippen LogP contribution in [0, 0.1) is 11.8 Å². The summed E-state index contributed by atoms with van der Waals surface area (Å²) in [6.07, 6.45) is 5.82. The van der Waals surface area contributed by atoms with E-state index in [0.29, 0.717) is 0 Å². The van der Waals surface area contributed by atoms with Crippen molar-refractivity contribution < 1.29 is 0 Å². The quantitative estimate of drug-likeness (QED) is 0.580. The van der Waals surface area contributed by atoms with E-state index in [4.69, 9.17) is 0 Å². The van der Waals surface area contributed by atoms with E-state index in [1.807, 2.05) is 0 Å². The van der Waals surface area contributed by atoms with Gasteiger partial charge in [0.05, 0.1) is 0 Å². The van der Waals surface area contributed by atoms with Crippen molar-refractivity contribution in [3.05, 3.63) is 0 Å². The van der Waals surface area contributed by atoms with Crippen LogP contribution >= 0.6 is 0 Å². The summed E-state index contributed by atoms with van der Waals surface area (Å²) >= 11 is 0. The van der Waals surface area contributed by atoms with Gasteiger partial charge in [-0.2, -0.15) is 0 Å². The highest BCUT2D eigenvalue weighted by atomic mass is 15.2. The van der Waals surface area contributed by atoms with Crippen LogP contribution in [0.15, 0.2) is 0 Å². The van der Waals surface area contributed by atoms with E-state index in [9.17, 15) is 0 Å². The van der Waals surface area contributed by atoms with Crippen molar-refractivity contribution in [1.29, 1.82) is 0 Å². The molecule has 0 spiro atoms. The number of hydrogen-bond donors (Lipinski definition) is 0. The Balaban J connectivity index is 1.80. The van der Waals surface area contributed by atoms with Crippen LogP contribution in [0.2, 0.25) is 0 Å². The van der Waals surface area contributed by atoms with Gasteiger partial charge in [-0.25, -0.2) is 0 Å². The standard InChI is InChI=1S/C11H21N/c1-9-4-3-5-12(8-9)11-6-10(2)7-11/h9-11H,3-8H2,1-2H3. The summed E-state index contributed by atoms with van der Waals surface area (Å²) in [4.78, 5) is 2.73. The molecule has 0 amide bonds. The molecule has 1 unspecified atom stereocenters. The maximum Gasteiger partial charge on any atom is 0.0100 e. The maximum atomic E-state index is 2.73. The highest BCUT2D eigenvalue weighted by Gasteiger charge is 2.32. The van der Waals surface area contributed by atoms with Gasteiger partial charge in [-0.1, -0.05) is 13.8 Å². The van der Waals surface area contributed by atoms with Crippen LogP contribution in [0.4, 0.5) is 0 Å². The normalized spacial score (nSPS) is 44.0. The molecule has 0 radical (unpaired) electrons. The lowest BCUT2D eigenvalue weighted by atomic mass is 9.79. The lowest BCUT2D eigenvalue weighted by Crippen LogP contribution is -2.48. The van der Waals surface area contributed by atoms with Crippen LogP contribution in [-0.2, 0) is 0 Å². The van der Waals surface area contributed by atoms with E-state index in [1.54, 1.807) is 0 Å². The second-order valence-corrected chi connectivity index (χ2v) is 4.97. The highest BCUT2D eigenvalue weighted by Crippen LogP contribution is 2.33. The zero-order valence-electron chi connectivity index (χ0n) is 8.42. The van der Waals surface area contributed by atoms with Crippen LogP contribution < -0.4 is 0 Å². The SMILES string of the molecule is CC1CC(N2CCCC(C)C2)C1. The second-order valence-electron chi connectivity index (χ2n) is 4.97. The first-order valence-corrected chi connectivity index (χ1v) is 5.49. The van der Waals surface area contributed by atoms with Crippen LogP contribution in [-0.4, -0.2) is 24.0 Å². The summed E-state index contributed by atoms with van der Waals surface area (Å²) in [7, 11) is 0. The molecule has 1 heterocycles. The minimum Gasteiger partial charge on any atom is -0.300 e. The summed E-state index contributed by atoms with van der Waals surface area (Å²) in [6, 6.07) is 0.961. The maximum absolute atomic E-state index is 2.73. The van der Waals surface area contributed by atoms with E-state index < -0.39 is 0 Å². The van der Waals surface area contributed by atoms with Crippen molar-refractivity contribution >= 4 is 0 Å². The van der Waals surface area contributed by atoms with Gasteiger partial charge < -0.3 is 4.90 Å². The third kappa shape index (κ3) is 1.66. The van der Waals surface area contributed by atoms with Crippen LogP contribution in [0.5, 0.6) is 0 Å². The second kappa shape index (κ2) is 3.37. The van der Waals surface area contributed by atoms with Gasteiger partial charge in [-0.15, -0.1) is 0 Å². The summed E-state index contributed by atoms with van der Waals surface area (Å²) in [5.41, 5.74) is 0. The Labute approximate surface area is 76.1 Å². The molecule has 0 N–H and O–H groups in total. The number of hydrogen-bond acceptors (Lipinski definition) is 1. The van der Waals surface area contributed by atoms with Gasteiger partial charge in [-0.05, 0) is 44.1 Å². The highest BCUT2D eigenvalue weighted by molar-refractivity contribution is 4.87.